The highest BCUT2D eigenvalue weighted by Gasteiger charge is 2.45. The number of fused-ring (bicyclic) bond motifs is 2. The number of nitrogens with zero attached hydrogens (tertiary/aromatic N) is 1. The SMILES string of the molecule is Cc1ccc(CN2C3CCCC2(C)CC(=O)C3)cc1. The highest BCUT2D eigenvalue weighted by molar-refractivity contribution is 5.81. The van der Waals surface area contributed by atoms with Crippen LogP contribution in [0.3, 0.4) is 0 Å². The molecule has 2 unspecified atom stereocenters. The number of aryl methyl sites for hydroxylation is 1. The molecule has 0 saturated carbocycles. The minimum Gasteiger partial charge on any atom is -0.300 e. The monoisotopic (exact) mass is 257 g/mol. The molecule has 2 saturated heterocycles. The van der Waals surface area contributed by atoms with Gasteiger partial charge in [0.25, 0.3) is 0 Å². The van der Waals surface area contributed by atoms with Crippen LogP contribution in [0.4, 0.5) is 0 Å². The van der Waals surface area contributed by atoms with Crippen LogP contribution in [-0.2, 0) is 11.3 Å². The van der Waals surface area contributed by atoms with Crippen LogP contribution in [0.1, 0.15) is 50.2 Å². The number of Topliss-reactive ketones (excluding diaryl/α,β-unsaturated/α-hetero) is 1. The first-order chi connectivity index (χ1) is 9.07. The second kappa shape index (κ2) is 4.75. The summed E-state index contributed by atoms with van der Waals surface area (Å²) in [7, 11) is 0. The molecule has 19 heavy (non-hydrogen) atoms. The Morgan fingerprint density at radius 2 is 2.05 bits per heavy atom. The predicted octanol–water partition coefficient (Wildman–Crippen LogP) is 3.47. The second-order valence-corrected chi connectivity index (χ2v) is 6.58. The molecule has 0 amide bonds. The van der Waals surface area contributed by atoms with Gasteiger partial charge in [-0.25, -0.2) is 0 Å². The van der Waals surface area contributed by atoms with Crippen molar-refractivity contribution in [3.63, 3.8) is 0 Å². The van der Waals surface area contributed by atoms with Crippen molar-refractivity contribution in [2.24, 2.45) is 0 Å². The van der Waals surface area contributed by atoms with E-state index < -0.39 is 0 Å². The maximum atomic E-state index is 11.9. The fourth-order valence-electron chi connectivity index (χ4n) is 3.83. The first-order valence-electron chi connectivity index (χ1n) is 7.41. The normalized spacial score (nSPS) is 31.5. The molecule has 1 aromatic carbocycles. The molecule has 0 N–H and O–H groups in total. The van der Waals surface area contributed by atoms with E-state index in [2.05, 4.69) is 43.0 Å². The van der Waals surface area contributed by atoms with Gasteiger partial charge in [0.05, 0.1) is 0 Å². The van der Waals surface area contributed by atoms with E-state index >= 15 is 0 Å². The fraction of sp³-hybridized carbons (Fsp3) is 0.588. The Labute approximate surface area is 115 Å². The van der Waals surface area contributed by atoms with E-state index in [0.29, 0.717) is 11.8 Å². The highest BCUT2D eigenvalue weighted by atomic mass is 16.1. The standard InChI is InChI=1S/C17H23NO/c1-13-5-7-14(8-6-13)12-18-15-4-3-9-17(18,2)11-16(19)10-15/h5-8,15H,3-4,9-12H2,1-2H3. The maximum absolute atomic E-state index is 11.9. The number of carbonyl (C=O) groups is 1. The van der Waals surface area contributed by atoms with E-state index in [9.17, 15) is 4.79 Å². The Bertz CT molecular complexity index is 479. The number of hydrogen-bond acceptors (Lipinski definition) is 2. The third-order valence-electron chi connectivity index (χ3n) is 4.90. The molecule has 3 rings (SSSR count). The van der Waals surface area contributed by atoms with Gasteiger partial charge in [-0.2, -0.15) is 0 Å². The summed E-state index contributed by atoms with van der Waals surface area (Å²) in [6, 6.07) is 9.29. The third-order valence-corrected chi connectivity index (χ3v) is 4.90. The smallest absolute Gasteiger partial charge is 0.136 e. The number of ketones is 1. The summed E-state index contributed by atoms with van der Waals surface area (Å²) in [6.45, 7) is 5.40. The molecule has 2 heterocycles. The first-order valence-corrected chi connectivity index (χ1v) is 7.41. The van der Waals surface area contributed by atoms with E-state index in [-0.39, 0.29) is 5.54 Å². The summed E-state index contributed by atoms with van der Waals surface area (Å²) in [5.41, 5.74) is 2.78. The molecule has 2 bridgehead atoms. The Hall–Kier alpha value is -1.15. The molecule has 0 radical (unpaired) electrons. The lowest BCUT2D eigenvalue weighted by molar-refractivity contribution is -0.133. The van der Waals surface area contributed by atoms with Crippen LogP contribution in [0.2, 0.25) is 0 Å². The van der Waals surface area contributed by atoms with Gasteiger partial charge in [0, 0.05) is 31.0 Å². The van der Waals surface area contributed by atoms with Gasteiger partial charge < -0.3 is 0 Å². The molecule has 2 aliphatic rings. The zero-order chi connectivity index (χ0) is 13.5. The van der Waals surface area contributed by atoms with E-state index in [1.165, 1.54) is 30.4 Å². The average molecular weight is 257 g/mol. The van der Waals surface area contributed by atoms with Crippen molar-refractivity contribution in [1.82, 2.24) is 4.90 Å². The summed E-state index contributed by atoms with van der Waals surface area (Å²) >= 11 is 0. The Kier molecular flexibility index (Phi) is 3.22. The molecule has 2 fully saturated rings. The molecule has 2 atom stereocenters. The minimum atomic E-state index is 0.100. The van der Waals surface area contributed by atoms with Crippen LogP contribution < -0.4 is 0 Å². The van der Waals surface area contributed by atoms with Gasteiger partial charge in [0.2, 0.25) is 0 Å². The quantitative estimate of drug-likeness (QED) is 0.808. The van der Waals surface area contributed by atoms with Crippen molar-refractivity contribution in [1.29, 1.82) is 0 Å². The molecule has 2 nitrogen and oxygen atoms in total. The molecule has 0 spiro atoms. The second-order valence-electron chi connectivity index (χ2n) is 6.58. The van der Waals surface area contributed by atoms with Gasteiger partial charge in [-0.15, -0.1) is 0 Å². The first kappa shape index (κ1) is 12.9. The van der Waals surface area contributed by atoms with Crippen LogP contribution >= 0.6 is 0 Å². The van der Waals surface area contributed by atoms with Crippen molar-refractivity contribution in [2.75, 3.05) is 0 Å². The number of carbonyl (C=O) groups excluding carboxylic acids is 1. The number of piperidine rings is 2. The lowest BCUT2D eigenvalue weighted by Crippen LogP contribution is -2.59. The number of rotatable bonds is 2. The van der Waals surface area contributed by atoms with Crippen LogP contribution in [0.15, 0.2) is 24.3 Å². The van der Waals surface area contributed by atoms with Crippen LogP contribution in [0.25, 0.3) is 0 Å². The zero-order valence-electron chi connectivity index (χ0n) is 12.0. The number of hydrogen-bond donors (Lipinski definition) is 0. The average Bonchev–Trinajstić information content (AvgIpc) is 2.34. The summed E-state index contributed by atoms with van der Waals surface area (Å²) < 4.78 is 0. The van der Waals surface area contributed by atoms with Crippen molar-refractivity contribution < 1.29 is 4.79 Å². The Morgan fingerprint density at radius 3 is 2.74 bits per heavy atom. The molecule has 0 aliphatic carbocycles. The van der Waals surface area contributed by atoms with Gasteiger partial charge in [-0.1, -0.05) is 36.2 Å². The van der Waals surface area contributed by atoms with Crippen molar-refractivity contribution >= 4 is 5.78 Å². The van der Waals surface area contributed by atoms with Crippen LogP contribution in [0.5, 0.6) is 0 Å². The van der Waals surface area contributed by atoms with Gasteiger partial charge in [0.15, 0.2) is 0 Å². The lowest BCUT2D eigenvalue weighted by Gasteiger charge is -2.53. The summed E-state index contributed by atoms with van der Waals surface area (Å²) in [5.74, 6) is 0.465. The van der Waals surface area contributed by atoms with E-state index in [1.54, 1.807) is 0 Å². The van der Waals surface area contributed by atoms with Crippen molar-refractivity contribution in [3.05, 3.63) is 35.4 Å². The molecular weight excluding hydrogens is 234 g/mol. The predicted molar refractivity (Wildman–Crippen MR) is 77.0 cm³/mol. The molecular formula is C17H23NO. The number of benzene rings is 1. The molecule has 0 aromatic heterocycles. The largest absolute Gasteiger partial charge is 0.300 e. The van der Waals surface area contributed by atoms with Gasteiger partial charge in [0.1, 0.15) is 5.78 Å². The highest BCUT2D eigenvalue weighted by Crippen LogP contribution is 2.41. The summed E-state index contributed by atoms with van der Waals surface area (Å²) in [6.07, 6.45) is 5.14. The van der Waals surface area contributed by atoms with Gasteiger partial charge in [-0.3, -0.25) is 9.69 Å². The topological polar surface area (TPSA) is 20.3 Å². The van der Waals surface area contributed by atoms with E-state index in [4.69, 9.17) is 0 Å². The minimum absolute atomic E-state index is 0.100. The Balaban J connectivity index is 1.83. The van der Waals surface area contributed by atoms with Crippen molar-refractivity contribution in [3.8, 4) is 0 Å². The summed E-state index contributed by atoms with van der Waals surface area (Å²) in [5, 5.41) is 0. The molecule has 2 aliphatic heterocycles. The lowest BCUT2D eigenvalue weighted by atomic mass is 9.74. The maximum Gasteiger partial charge on any atom is 0.136 e. The van der Waals surface area contributed by atoms with Gasteiger partial charge >= 0.3 is 0 Å². The molecule has 1 aromatic rings. The summed E-state index contributed by atoms with van der Waals surface area (Å²) in [4.78, 5) is 14.5. The third kappa shape index (κ3) is 2.46. The molecule has 2 heteroatoms. The van der Waals surface area contributed by atoms with E-state index in [0.717, 1.165) is 19.4 Å². The zero-order valence-corrected chi connectivity index (χ0v) is 12.0. The Morgan fingerprint density at radius 1 is 1.32 bits per heavy atom. The van der Waals surface area contributed by atoms with Gasteiger partial charge in [-0.05, 0) is 32.3 Å². The van der Waals surface area contributed by atoms with E-state index in [1.807, 2.05) is 0 Å². The van der Waals surface area contributed by atoms with Crippen molar-refractivity contribution in [2.45, 2.75) is 64.1 Å². The van der Waals surface area contributed by atoms with Crippen LogP contribution in [0, 0.1) is 6.92 Å². The molecule has 102 valence electrons. The van der Waals surface area contributed by atoms with Crippen LogP contribution in [-0.4, -0.2) is 22.3 Å². The fourth-order valence-corrected chi connectivity index (χ4v) is 3.83.